The molecule has 226 valence electrons. The van der Waals surface area contributed by atoms with E-state index in [0.29, 0.717) is 11.5 Å². The second kappa shape index (κ2) is 13.6. The number of halogens is 1. The summed E-state index contributed by atoms with van der Waals surface area (Å²) in [6.07, 6.45) is 0. The van der Waals surface area contributed by atoms with E-state index in [1.807, 2.05) is 52.0 Å². The van der Waals surface area contributed by atoms with Crippen molar-refractivity contribution in [3.05, 3.63) is 82.3 Å². The van der Waals surface area contributed by atoms with Crippen LogP contribution in [0.3, 0.4) is 0 Å². The molecular weight excluding hydrogens is 622 g/mol. The first kappa shape index (κ1) is 32.9. The van der Waals surface area contributed by atoms with Crippen molar-refractivity contribution in [3.8, 4) is 11.5 Å². The Kier molecular flexibility index (Phi) is 10.7. The largest absolute Gasteiger partial charge is 0.493 e. The van der Waals surface area contributed by atoms with E-state index >= 15 is 0 Å². The Morgan fingerprint density at radius 1 is 0.952 bits per heavy atom. The topological polar surface area (TPSA) is 105 Å². The van der Waals surface area contributed by atoms with Gasteiger partial charge in [-0.3, -0.25) is 13.9 Å². The number of carbonyl (C=O) groups excluding carboxylic acids is 2. The quantitative estimate of drug-likeness (QED) is 0.299. The van der Waals surface area contributed by atoms with E-state index in [4.69, 9.17) is 9.47 Å². The van der Waals surface area contributed by atoms with Gasteiger partial charge in [-0.05, 0) is 76.6 Å². The average molecular weight is 661 g/mol. The Morgan fingerprint density at radius 2 is 1.60 bits per heavy atom. The summed E-state index contributed by atoms with van der Waals surface area (Å²) in [6.45, 7) is 8.57. The molecule has 0 aliphatic heterocycles. The number of amides is 2. The summed E-state index contributed by atoms with van der Waals surface area (Å²) >= 11 is 3.46. The third kappa shape index (κ3) is 8.25. The van der Waals surface area contributed by atoms with E-state index in [2.05, 4.69) is 21.2 Å². The van der Waals surface area contributed by atoms with E-state index in [-0.39, 0.29) is 23.0 Å². The molecule has 0 aliphatic rings. The van der Waals surface area contributed by atoms with Crippen LogP contribution in [-0.4, -0.2) is 57.5 Å². The van der Waals surface area contributed by atoms with Gasteiger partial charge >= 0.3 is 0 Å². The van der Waals surface area contributed by atoms with Crippen LogP contribution in [0.15, 0.2) is 76.1 Å². The Hall–Kier alpha value is -3.57. The number of sulfonamides is 1. The first-order chi connectivity index (χ1) is 19.7. The molecule has 0 radical (unpaired) electrons. The van der Waals surface area contributed by atoms with E-state index in [9.17, 15) is 18.0 Å². The fraction of sp³-hybridized carbons (Fsp3) is 0.355. The Morgan fingerprint density at radius 3 is 2.17 bits per heavy atom. The molecule has 3 aromatic carbocycles. The lowest BCUT2D eigenvalue weighted by atomic mass is 10.1. The lowest BCUT2D eigenvalue weighted by molar-refractivity contribution is -0.140. The van der Waals surface area contributed by atoms with Gasteiger partial charge in [0.1, 0.15) is 12.6 Å². The molecule has 42 heavy (non-hydrogen) atoms. The fourth-order valence-corrected chi connectivity index (χ4v) is 6.09. The number of rotatable bonds is 11. The van der Waals surface area contributed by atoms with E-state index < -0.39 is 34.1 Å². The third-order valence-electron chi connectivity index (χ3n) is 6.45. The van der Waals surface area contributed by atoms with Gasteiger partial charge in [0.15, 0.2) is 11.5 Å². The second-order valence-corrected chi connectivity index (χ2v) is 13.7. The number of anilines is 1. The summed E-state index contributed by atoms with van der Waals surface area (Å²) < 4.78 is 40.7. The number of hydrogen-bond acceptors (Lipinski definition) is 6. The zero-order valence-corrected chi connectivity index (χ0v) is 27.4. The molecule has 0 aliphatic carbocycles. The van der Waals surface area contributed by atoms with Gasteiger partial charge in [-0.15, -0.1) is 0 Å². The van der Waals surface area contributed by atoms with Gasteiger partial charge in [0.2, 0.25) is 11.8 Å². The van der Waals surface area contributed by atoms with Gasteiger partial charge in [-0.2, -0.15) is 0 Å². The van der Waals surface area contributed by atoms with Crippen LogP contribution in [-0.2, 0) is 26.2 Å². The molecule has 0 heterocycles. The number of aryl methyl sites for hydroxylation is 1. The molecule has 0 spiro atoms. The molecule has 11 heteroatoms. The fourth-order valence-electron chi connectivity index (χ4n) is 4.23. The minimum atomic E-state index is -4.22. The van der Waals surface area contributed by atoms with E-state index in [0.717, 1.165) is 19.9 Å². The van der Waals surface area contributed by atoms with Gasteiger partial charge in [-0.25, -0.2) is 8.42 Å². The number of benzene rings is 3. The minimum absolute atomic E-state index is 0.0211. The zero-order valence-electron chi connectivity index (χ0n) is 25.0. The molecule has 0 aromatic heterocycles. The van der Waals surface area contributed by atoms with Crippen molar-refractivity contribution in [2.24, 2.45) is 0 Å². The summed E-state index contributed by atoms with van der Waals surface area (Å²) in [6, 6.07) is 17.5. The molecule has 1 atom stereocenters. The predicted molar refractivity (Wildman–Crippen MR) is 167 cm³/mol. The second-order valence-electron chi connectivity index (χ2n) is 10.9. The average Bonchev–Trinajstić information content (AvgIpc) is 2.93. The van der Waals surface area contributed by atoms with Gasteiger partial charge in [0, 0.05) is 22.6 Å². The van der Waals surface area contributed by atoms with Gasteiger partial charge in [0.25, 0.3) is 10.0 Å². The van der Waals surface area contributed by atoms with Crippen LogP contribution in [0, 0.1) is 6.92 Å². The number of methoxy groups -OCH3 is 2. The van der Waals surface area contributed by atoms with Crippen molar-refractivity contribution >= 4 is 43.5 Å². The molecular formula is C31H38BrN3O6S. The first-order valence-electron chi connectivity index (χ1n) is 13.3. The highest BCUT2D eigenvalue weighted by Crippen LogP contribution is 2.34. The molecule has 0 saturated heterocycles. The third-order valence-corrected chi connectivity index (χ3v) is 8.73. The Balaban J connectivity index is 2.10. The van der Waals surface area contributed by atoms with Crippen LogP contribution in [0.2, 0.25) is 0 Å². The SMILES string of the molecule is COc1ccc(N(CC(=O)N(Cc2cccc(Br)c2)C(C)C(=O)NC(C)(C)C)S(=O)(=O)c2ccc(C)cc2)cc1OC. The first-order valence-corrected chi connectivity index (χ1v) is 15.6. The maximum Gasteiger partial charge on any atom is 0.264 e. The van der Waals surface area contributed by atoms with Crippen molar-refractivity contribution in [1.29, 1.82) is 0 Å². The maximum absolute atomic E-state index is 14.1. The van der Waals surface area contributed by atoms with Gasteiger partial charge < -0.3 is 19.7 Å². The summed E-state index contributed by atoms with van der Waals surface area (Å²) in [5.41, 5.74) is 1.33. The van der Waals surface area contributed by atoms with Crippen LogP contribution < -0.4 is 19.1 Å². The van der Waals surface area contributed by atoms with Crippen LogP contribution in [0.25, 0.3) is 0 Å². The normalized spacial score (nSPS) is 12.3. The smallest absolute Gasteiger partial charge is 0.264 e. The molecule has 3 aromatic rings. The van der Waals surface area contributed by atoms with Crippen LogP contribution in [0.1, 0.15) is 38.8 Å². The monoisotopic (exact) mass is 659 g/mol. The number of carbonyl (C=O) groups is 2. The molecule has 0 saturated carbocycles. The van der Waals surface area contributed by atoms with E-state index in [1.165, 1.54) is 37.3 Å². The van der Waals surface area contributed by atoms with E-state index in [1.54, 1.807) is 31.2 Å². The van der Waals surface area contributed by atoms with Crippen LogP contribution >= 0.6 is 15.9 Å². The minimum Gasteiger partial charge on any atom is -0.493 e. The molecule has 2 amide bonds. The van der Waals surface area contributed by atoms with Gasteiger partial charge in [-0.1, -0.05) is 45.8 Å². The summed E-state index contributed by atoms with van der Waals surface area (Å²) in [5.74, 6) is -0.207. The van der Waals surface area contributed by atoms with Crippen LogP contribution in [0.4, 0.5) is 5.69 Å². The molecule has 9 nitrogen and oxygen atoms in total. The van der Waals surface area contributed by atoms with Crippen molar-refractivity contribution in [3.63, 3.8) is 0 Å². The summed E-state index contributed by atoms with van der Waals surface area (Å²) in [4.78, 5) is 28.8. The molecule has 0 fully saturated rings. The summed E-state index contributed by atoms with van der Waals surface area (Å²) in [5, 5.41) is 2.92. The zero-order chi connectivity index (χ0) is 31.2. The molecule has 1 N–H and O–H groups in total. The van der Waals surface area contributed by atoms with Crippen molar-refractivity contribution < 1.29 is 27.5 Å². The summed E-state index contributed by atoms with van der Waals surface area (Å²) in [7, 11) is -1.29. The number of nitrogens with one attached hydrogen (secondary N) is 1. The Labute approximate surface area is 257 Å². The number of ether oxygens (including phenoxy) is 2. The van der Waals surface area contributed by atoms with Gasteiger partial charge in [0.05, 0.1) is 24.8 Å². The molecule has 3 rings (SSSR count). The standard InChI is InChI=1S/C31H38BrN3O6S/c1-21-11-14-26(15-12-21)42(38,39)35(25-13-16-27(40-6)28(18-25)41-7)20-29(36)34(19-23-9-8-10-24(32)17-23)22(2)30(37)33-31(3,4)5/h8-18,22H,19-20H2,1-7H3,(H,33,37). The number of nitrogens with zero attached hydrogens (tertiary/aromatic N) is 2. The van der Waals surface area contributed by atoms with Crippen molar-refractivity contribution in [2.45, 2.75) is 57.6 Å². The lowest BCUT2D eigenvalue weighted by Crippen LogP contribution is -2.54. The van der Waals surface area contributed by atoms with Crippen LogP contribution in [0.5, 0.6) is 11.5 Å². The van der Waals surface area contributed by atoms with Crippen molar-refractivity contribution in [2.75, 3.05) is 25.1 Å². The lowest BCUT2D eigenvalue weighted by Gasteiger charge is -2.33. The molecule has 0 bridgehead atoms. The van der Waals surface area contributed by atoms with Crippen molar-refractivity contribution in [1.82, 2.24) is 10.2 Å². The molecule has 1 unspecified atom stereocenters. The Bertz CT molecular complexity index is 1520. The highest BCUT2D eigenvalue weighted by Gasteiger charge is 2.33. The highest BCUT2D eigenvalue weighted by molar-refractivity contribution is 9.10. The predicted octanol–water partition coefficient (Wildman–Crippen LogP) is 5.30. The number of hydrogen-bond donors (Lipinski definition) is 1. The maximum atomic E-state index is 14.1. The highest BCUT2D eigenvalue weighted by atomic mass is 79.9.